The molecule has 1 aliphatic heterocycles. The predicted molar refractivity (Wildman–Crippen MR) is 97.4 cm³/mol. The summed E-state index contributed by atoms with van der Waals surface area (Å²) in [5.74, 6) is -0.904. The highest BCUT2D eigenvalue weighted by molar-refractivity contribution is 5.94. The monoisotopic (exact) mass is 411 g/mol. The van der Waals surface area contributed by atoms with Crippen LogP contribution in [0.5, 0.6) is 0 Å². The van der Waals surface area contributed by atoms with Crippen LogP contribution in [0.4, 0.5) is 28.9 Å². The summed E-state index contributed by atoms with van der Waals surface area (Å²) in [4.78, 5) is 25.4. The van der Waals surface area contributed by atoms with Crippen LogP contribution in [0.2, 0.25) is 0 Å². The van der Waals surface area contributed by atoms with Gasteiger partial charge in [0.1, 0.15) is 5.82 Å². The second kappa shape index (κ2) is 7.69. The summed E-state index contributed by atoms with van der Waals surface area (Å²) in [5.41, 5.74) is -1.32. The second-order valence-electron chi connectivity index (χ2n) is 6.70. The Morgan fingerprint density at radius 3 is 2.28 bits per heavy atom. The lowest BCUT2D eigenvalue weighted by molar-refractivity contribution is -0.385. The van der Waals surface area contributed by atoms with Gasteiger partial charge in [-0.25, -0.2) is 4.39 Å². The van der Waals surface area contributed by atoms with Crippen LogP contribution in [0.15, 0.2) is 36.4 Å². The predicted octanol–water partition coefficient (Wildman–Crippen LogP) is 4.02. The zero-order valence-corrected chi connectivity index (χ0v) is 15.4. The number of nitro groups is 1. The van der Waals surface area contributed by atoms with Crippen molar-refractivity contribution in [3.05, 3.63) is 69.0 Å². The Morgan fingerprint density at radius 2 is 1.72 bits per heavy atom. The Bertz CT molecular complexity index is 954. The molecule has 1 fully saturated rings. The molecular formula is C19H17F4N3O3. The van der Waals surface area contributed by atoms with Crippen LogP contribution in [0, 0.1) is 22.9 Å². The van der Waals surface area contributed by atoms with Gasteiger partial charge in [-0.1, -0.05) is 6.07 Å². The topological polar surface area (TPSA) is 66.7 Å². The van der Waals surface area contributed by atoms with E-state index in [0.717, 1.165) is 18.2 Å². The van der Waals surface area contributed by atoms with Crippen LogP contribution in [-0.2, 0) is 6.18 Å². The third-order valence-corrected chi connectivity index (χ3v) is 4.82. The molecular weight excluding hydrogens is 394 g/mol. The van der Waals surface area contributed by atoms with Gasteiger partial charge in [-0.2, -0.15) is 13.2 Å². The first-order valence-electron chi connectivity index (χ1n) is 8.74. The molecule has 154 valence electrons. The zero-order valence-electron chi connectivity index (χ0n) is 15.4. The average molecular weight is 411 g/mol. The van der Waals surface area contributed by atoms with Crippen molar-refractivity contribution in [2.45, 2.75) is 13.1 Å². The van der Waals surface area contributed by atoms with E-state index in [1.54, 1.807) is 6.92 Å². The molecule has 1 aliphatic rings. The van der Waals surface area contributed by atoms with E-state index in [9.17, 15) is 32.5 Å². The number of nitrogens with zero attached hydrogens (tertiary/aromatic N) is 3. The second-order valence-corrected chi connectivity index (χ2v) is 6.70. The van der Waals surface area contributed by atoms with Crippen LogP contribution < -0.4 is 4.90 Å². The molecule has 2 aromatic rings. The molecule has 0 aromatic heterocycles. The maximum Gasteiger partial charge on any atom is 0.418 e. The third kappa shape index (κ3) is 4.30. The first-order chi connectivity index (χ1) is 13.6. The molecule has 1 heterocycles. The van der Waals surface area contributed by atoms with Gasteiger partial charge >= 0.3 is 6.18 Å². The highest BCUT2D eigenvalue weighted by Crippen LogP contribution is 2.39. The standard InChI is InChI=1S/C19H17F4N3O3/c1-12-2-3-13(10-16(12)20)18(27)25-8-6-24(7-9-25)17-5-4-14(26(28)29)11-15(17)19(21,22)23/h2-5,10-11H,6-9H2,1H3. The Balaban J connectivity index is 1.77. The first kappa shape index (κ1) is 20.6. The van der Waals surface area contributed by atoms with Gasteiger partial charge in [0.15, 0.2) is 0 Å². The fraction of sp³-hybridized carbons (Fsp3) is 0.316. The SMILES string of the molecule is Cc1ccc(C(=O)N2CCN(c3ccc([N+](=O)[O-])cc3C(F)(F)F)CC2)cc1F. The van der Waals surface area contributed by atoms with Gasteiger partial charge < -0.3 is 9.80 Å². The molecule has 10 heteroatoms. The van der Waals surface area contributed by atoms with E-state index in [4.69, 9.17) is 0 Å². The molecule has 0 radical (unpaired) electrons. The van der Waals surface area contributed by atoms with Crippen molar-refractivity contribution in [2.75, 3.05) is 31.1 Å². The van der Waals surface area contributed by atoms with Gasteiger partial charge in [-0.3, -0.25) is 14.9 Å². The number of anilines is 1. The molecule has 1 amide bonds. The Labute approximate surface area is 163 Å². The van der Waals surface area contributed by atoms with Crippen molar-refractivity contribution >= 4 is 17.3 Å². The highest BCUT2D eigenvalue weighted by atomic mass is 19.4. The fourth-order valence-corrected chi connectivity index (χ4v) is 3.20. The van der Waals surface area contributed by atoms with E-state index in [2.05, 4.69) is 0 Å². The Hall–Kier alpha value is -3.17. The van der Waals surface area contributed by atoms with E-state index < -0.39 is 34.1 Å². The Kier molecular flexibility index (Phi) is 5.45. The molecule has 6 nitrogen and oxygen atoms in total. The van der Waals surface area contributed by atoms with Crippen molar-refractivity contribution in [3.8, 4) is 0 Å². The lowest BCUT2D eigenvalue weighted by atomic mass is 10.1. The van der Waals surface area contributed by atoms with Gasteiger partial charge in [-0.05, 0) is 30.7 Å². The fourth-order valence-electron chi connectivity index (χ4n) is 3.20. The summed E-state index contributed by atoms with van der Waals surface area (Å²) in [6.07, 6.45) is -4.76. The molecule has 0 bridgehead atoms. The smallest absolute Gasteiger partial charge is 0.367 e. The van der Waals surface area contributed by atoms with Gasteiger partial charge in [0.05, 0.1) is 10.5 Å². The number of piperazine rings is 1. The number of hydrogen-bond acceptors (Lipinski definition) is 4. The highest BCUT2D eigenvalue weighted by Gasteiger charge is 2.37. The molecule has 0 atom stereocenters. The quantitative estimate of drug-likeness (QED) is 0.435. The number of nitro benzene ring substituents is 1. The largest absolute Gasteiger partial charge is 0.418 e. The summed E-state index contributed by atoms with van der Waals surface area (Å²) >= 11 is 0. The van der Waals surface area contributed by atoms with Crippen molar-refractivity contribution in [1.29, 1.82) is 0 Å². The lowest BCUT2D eigenvalue weighted by Gasteiger charge is -2.37. The first-order valence-corrected chi connectivity index (χ1v) is 8.74. The molecule has 2 aromatic carbocycles. The molecule has 0 aliphatic carbocycles. The maximum absolute atomic E-state index is 13.7. The summed E-state index contributed by atoms with van der Waals surface area (Å²) in [6, 6.07) is 6.76. The summed E-state index contributed by atoms with van der Waals surface area (Å²) < 4.78 is 53.9. The van der Waals surface area contributed by atoms with Crippen molar-refractivity contribution in [3.63, 3.8) is 0 Å². The van der Waals surface area contributed by atoms with Gasteiger partial charge in [-0.15, -0.1) is 0 Å². The average Bonchev–Trinajstić information content (AvgIpc) is 2.68. The summed E-state index contributed by atoms with van der Waals surface area (Å²) in [7, 11) is 0. The molecule has 0 N–H and O–H groups in total. The molecule has 0 saturated carbocycles. The van der Waals surface area contributed by atoms with Crippen LogP contribution in [0.1, 0.15) is 21.5 Å². The minimum atomic E-state index is -4.76. The van der Waals surface area contributed by atoms with Crippen LogP contribution in [0.25, 0.3) is 0 Å². The van der Waals surface area contributed by atoms with E-state index >= 15 is 0 Å². The summed E-state index contributed by atoms with van der Waals surface area (Å²) in [5, 5.41) is 10.8. The maximum atomic E-state index is 13.7. The Morgan fingerprint density at radius 1 is 1.07 bits per heavy atom. The van der Waals surface area contributed by atoms with E-state index in [0.29, 0.717) is 11.6 Å². The minimum Gasteiger partial charge on any atom is -0.367 e. The normalized spacial score (nSPS) is 14.8. The number of alkyl halides is 3. The number of non-ortho nitro benzene ring substituents is 1. The van der Waals surface area contributed by atoms with E-state index in [1.807, 2.05) is 0 Å². The van der Waals surface area contributed by atoms with Crippen LogP contribution in [-0.4, -0.2) is 41.9 Å². The summed E-state index contributed by atoms with van der Waals surface area (Å²) in [6.45, 7) is 2.08. The van der Waals surface area contributed by atoms with Crippen molar-refractivity contribution in [1.82, 2.24) is 4.90 Å². The molecule has 0 spiro atoms. The number of benzene rings is 2. The lowest BCUT2D eigenvalue weighted by Crippen LogP contribution is -2.49. The van der Waals surface area contributed by atoms with Crippen molar-refractivity contribution < 1.29 is 27.3 Å². The number of carbonyl (C=O) groups is 1. The number of rotatable bonds is 3. The molecule has 0 unspecified atom stereocenters. The van der Waals surface area contributed by atoms with Crippen molar-refractivity contribution in [2.24, 2.45) is 0 Å². The number of halogens is 4. The number of amides is 1. The molecule has 1 saturated heterocycles. The van der Waals surface area contributed by atoms with Gasteiger partial charge in [0.2, 0.25) is 0 Å². The van der Waals surface area contributed by atoms with Crippen LogP contribution >= 0.6 is 0 Å². The van der Waals surface area contributed by atoms with E-state index in [1.165, 1.54) is 21.9 Å². The molecule has 29 heavy (non-hydrogen) atoms. The van der Waals surface area contributed by atoms with Gasteiger partial charge in [0, 0.05) is 49.6 Å². The van der Waals surface area contributed by atoms with E-state index in [-0.39, 0.29) is 37.4 Å². The zero-order chi connectivity index (χ0) is 21.3. The van der Waals surface area contributed by atoms with Gasteiger partial charge in [0.25, 0.3) is 11.6 Å². The number of aryl methyl sites for hydroxylation is 1. The third-order valence-electron chi connectivity index (χ3n) is 4.82. The molecule has 3 rings (SSSR count). The number of hydrogen-bond donors (Lipinski definition) is 0. The number of carbonyl (C=O) groups excluding carboxylic acids is 1. The minimum absolute atomic E-state index is 0.112. The van der Waals surface area contributed by atoms with Crippen LogP contribution in [0.3, 0.4) is 0 Å².